The van der Waals surface area contributed by atoms with Gasteiger partial charge in [-0.2, -0.15) is 0 Å². The summed E-state index contributed by atoms with van der Waals surface area (Å²) in [5.41, 5.74) is 4.38. The number of aromatic nitrogens is 2. The number of ether oxygens (including phenoxy) is 2. The van der Waals surface area contributed by atoms with Crippen LogP contribution in [0, 0.1) is 0 Å². The Labute approximate surface area is 232 Å². The molecule has 0 saturated carbocycles. The van der Waals surface area contributed by atoms with Crippen molar-refractivity contribution in [1.82, 2.24) is 14.9 Å². The maximum atomic E-state index is 13.7. The van der Waals surface area contributed by atoms with E-state index in [0.29, 0.717) is 43.3 Å². The number of carbonyl (C=O) groups is 1. The van der Waals surface area contributed by atoms with E-state index in [2.05, 4.69) is 9.97 Å². The Hall–Kier alpha value is -4.49. The fourth-order valence-electron chi connectivity index (χ4n) is 4.18. The number of amides is 1. The van der Waals surface area contributed by atoms with Crippen molar-refractivity contribution in [2.24, 2.45) is 0 Å². The summed E-state index contributed by atoms with van der Waals surface area (Å²) in [6.07, 6.45) is 2.41. The Morgan fingerprint density at radius 1 is 0.872 bits per heavy atom. The van der Waals surface area contributed by atoms with Gasteiger partial charge >= 0.3 is 0 Å². The lowest BCUT2D eigenvalue weighted by Gasteiger charge is -2.22. The third-order valence-electron chi connectivity index (χ3n) is 6.23. The molecule has 5 rings (SSSR count). The highest BCUT2D eigenvalue weighted by Crippen LogP contribution is 2.30. The predicted octanol–water partition coefficient (Wildman–Crippen LogP) is 6.68. The average molecular weight is 536 g/mol. The number of methoxy groups -OCH3 is 1. The number of benzene rings is 3. The fraction of sp³-hybridized carbons (Fsp3) is 0.156. The van der Waals surface area contributed by atoms with Crippen molar-refractivity contribution >= 4 is 17.2 Å². The van der Waals surface area contributed by atoms with Crippen molar-refractivity contribution < 1.29 is 14.3 Å². The molecule has 6 nitrogen and oxygen atoms in total. The van der Waals surface area contributed by atoms with E-state index in [1.165, 1.54) is 11.3 Å². The van der Waals surface area contributed by atoms with Crippen LogP contribution in [0.25, 0.3) is 10.6 Å². The van der Waals surface area contributed by atoms with Crippen molar-refractivity contribution in [1.29, 1.82) is 0 Å². The molecule has 0 fully saturated rings. The van der Waals surface area contributed by atoms with Crippen molar-refractivity contribution in [2.45, 2.75) is 19.6 Å². The molecule has 0 saturated heterocycles. The standard InChI is InChI=1S/C32H29N3O3S/c1-37-30-20-25(15-16-29(30)38-22-24-10-4-2-5-11-24)21-35(19-17-27-14-8-9-18-33-27)32(36)28-23-39-31(34-28)26-12-6-3-7-13-26/h2-16,18,20,23H,17,19,21-22H2,1H3. The highest BCUT2D eigenvalue weighted by atomic mass is 32.1. The van der Waals surface area contributed by atoms with Gasteiger partial charge in [0.25, 0.3) is 5.91 Å². The van der Waals surface area contributed by atoms with E-state index in [1.807, 2.05) is 107 Å². The van der Waals surface area contributed by atoms with Crippen LogP contribution in [0.4, 0.5) is 0 Å². The number of rotatable bonds is 11. The van der Waals surface area contributed by atoms with Crippen LogP contribution in [0.2, 0.25) is 0 Å². The van der Waals surface area contributed by atoms with Gasteiger partial charge in [-0.3, -0.25) is 9.78 Å². The minimum atomic E-state index is -0.118. The number of thiazole rings is 1. The first-order valence-corrected chi connectivity index (χ1v) is 13.6. The third kappa shape index (κ3) is 6.89. The minimum Gasteiger partial charge on any atom is -0.493 e. The molecule has 3 aromatic carbocycles. The maximum absolute atomic E-state index is 13.7. The van der Waals surface area contributed by atoms with E-state index in [4.69, 9.17) is 9.47 Å². The Kier molecular flexibility index (Phi) is 8.61. The molecule has 2 heterocycles. The zero-order valence-corrected chi connectivity index (χ0v) is 22.5. The summed E-state index contributed by atoms with van der Waals surface area (Å²) in [5, 5.41) is 2.66. The number of pyridine rings is 1. The second kappa shape index (κ2) is 12.8. The molecule has 0 radical (unpaired) electrons. The number of hydrogen-bond donors (Lipinski definition) is 0. The van der Waals surface area contributed by atoms with E-state index in [1.54, 1.807) is 13.3 Å². The van der Waals surface area contributed by atoms with Crippen LogP contribution in [0.15, 0.2) is 109 Å². The molecular formula is C32H29N3O3S. The first kappa shape index (κ1) is 26.1. The molecule has 7 heteroatoms. The predicted molar refractivity (Wildman–Crippen MR) is 154 cm³/mol. The molecule has 0 bridgehead atoms. The van der Waals surface area contributed by atoms with Crippen LogP contribution in [0.3, 0.4) is 0 Å². The van der Waals surface area contributed by atoms with Gasteiger partial charge in [0.15, 0.2) is 11.5 Å². The van der Waals surface area contributed by atoms with Crippen LogP contribution in [0.1, 0.15) is 27.3 Å². The number of nitrogens with zero attached hydrogens (tertiary/aromatic N) is 3. The molecule has 0 atom stereocenters. The van der Waals surface area contributed by atoms with Gasteiger partial charge in [0.05, 0.1) is 7.11 Å². The fourth-order valence-corrected chi connectivity index (χ4v) is 4.98. The summed E-state index contributed by atoms with van der Waals surface area (Å²) in [6.45, 7) is 1.35. The summed E-state index contributed by atoms with van der Waals surface area (Å²) in [6, 6.07) is 31.5. The number of hydrogen-bond acceptors (Lipinski definition) is 6. The van der Waals surface area contributed by atoms with Crippen LogP contribution in [-0.4, -0.2) is 34.4 Å². The number of carbonyl (C=O) groups excluding carboxylic acids is 1. The molecule has 0 spiro atoms. The molecule has 0 aliphatic carbocycles. The first-order valence-electron chi connectivity index (χ1n) is 12.7. The van der Waals surface area contributed by atoms with Gasteiger partial charge in [-0.15, -0.1) is 11.3 Å². The highest BCUT2D eigenvalue weighted by Gasteiger charge is 2.21. The first-order chi connectivity index (χ1) is 19.2. The summed E-state index contributed by atoms with van der Waals surface area (Å²) in [7, 11) is 1.62. The lowest BCUT2D eigenvalue weighted by molar-refractivity contribution is 0.0739. The monoisotopic (exact) mass is 535 g/mol. The van der Waals surface area contributed by atoms with Crippen molar-refractivity contribution in [2.75, 3.05) is 13.7 Å². The van der Waals surface area contributed by atoms with Crippen molar-refractivity contribution in [3.63, 3.8) is 0 Å². The summed E-state index contributed by atoms with van der Waals surface area (Å²) in [5.74, 6) is 1.16. The lowest BCUT2D eigenvalue weighted by Crippen LogP contribution is -2.33. The average Bonchev–Trinajstić information content (AvgIpc) is 3.50. The second-order valence-electron chi connectivity index (χ2n) is 8.96. The Morgan fingerprint density at radius 2 is 1.64 bits per heavy atom. The summed E-state index contributed by atoms with van der Waals surface area (Å²) >= 11 is 1.47. The molecule has 0 aliphatic rings. The van der Waals surface area contributed by atoms with Gasteiger partial charge in [0, 0.05) is 42.3 Å². The van der Waals surface area contributed by atoms with Gasteiger partial charge in [-0.05, 0) is 35.4 Å². The SMILES string of the molecule is COc1cc(CN(CCc2ccccn2)C(=O)c2csc(-c3ccccc3)n2)ccc1OCc1ccccc1. The Bertz CT molecular complexity index is 1490. The summed E-state index contributed by atoms with van der Waals surface area (Å²) < 4.78 is 11.7. The highest BCUT2D eigenvalue weighted by molar-refractivity contribution is 7.13. The second-order valence-corrected chi connectivity index (χ2v) is 9.82. The smallest absolute Gasteiger partial charge is 0.273 e. The normalized spacial score (nSPS) is 10.7. The summed E-state index contributed by atoms with van der Waals surface area (Å²) in [4.78, 5) is 24.6. The van der Waals surface area contributed by atoms with Crippen molar-refractivity contribution in [3.05, 3.63) is 131 Å². The lowest BCUT2D eigenvalue weighted by atomic mass is 10.1. The van der Waals surface area contributed by atoms with Gasteiger partial charge in [0.1, 0.15) is 17.3 Å². The Balaban J connectivity index is 1.35. The van der Waals surface area contributed by atoms with Gasteiger partial charge < -0.3 is 14.4 Å². The van der Waals surface area contributed by atoms with E-state index >= 15 is 0 Å². The van der Waals surface area contributed by atoms with Crippen LogP contribution in [-0.2, 0) is 19.6 Å². The van der Waals surface area contributed by atoms with E-state index < -0.39 is 0 Å². The topological polar surface area (TPSA) is 64.5 Å². The maximum Gasteiger partial charge on any atom is 0.273 e. The van der Waals surface area contributed by atoms with Crippen LogP contribution < -0.4 is 9.47 Å². The molecule has 1 amide bonds. The minimum absolute atomic E-state index is 0.118. The molecular weight excluding hydrogens is 506 g/mol. The van der Waals surface area contributed by atoms with Crippen LogP contribution in [0.5, 0.6) is 11.5 Å². The van der Waals surface area contributed by atoms with Crippen LogP contribution >= 0.6 is 11.3 Å². The zero-order valence-electron chi connectivity index (χ0n) is 21.7. The molecule has 0 aliphatic heterocycles. The quantitative estimate of drug-likeness (QED) is 0.189. The molecule has 2 aromatic heterocycles. The Morgan fingerprint density at radius 3 is 2.38 bits per heavy atom. The third-order valence-corrected chi connectivity index (χ3v) is 7.13. The molecule has 196 valence electrons. The molecule has 0 N–H and O–H groups in total. The van der Waals surface area contributed by atoms with Gasteiger partial charge in [0.2, 0.25) is 0 Å². The van der Waals surface area contributed by atoms with E-state index in [9.17, 15) is 4.79 Å². The molecule has 0 unspecified atom stereocenters. The van der Waals surface area contributed by atoms with E-state index in [-0.39, 0.29) is 5.91 Å². The zero-order chi connectivity index (χ0) is 26.9. The van der Waals surface area contributed by atoms with Gasteiger partial charge in [-0.25, -0.2) is 4.98 Å². The van der Waals surface area contributed by atoms with Crippen molar-refractivity contribution in [3.8, 4) is 22.1 Å². The van der Waals surface area contributed by atoms with E-state index in [0.717, 1.165) is 27.4 Å². The van der Waals surface area contributed by atoms with Gasteiger partial charge in [-0.1, -0.05) is 72.8 Å². The molecule has 5 aromatic rings. The molecule has 39 heavy (non-hydrogen) atoms. The largest absolute Gasteiger partial charge is 0.493 e.